The standard InChI is InChI=1S/C28H27N5O2S/c1-29-28(34)23-8-2-3-9-26(23)36-21-12-13-22-24(31-32-25(22)19-21)14-11-20-7-6-10-27(30-20)35-18-17-33-15-4-5-16-33/h2-3,6-10,12-13,19H,4-5,15-18H2,1H3,(H,29,34)(H,31,32). The first-order chi connectivity index (χ1) is 17.7. The summed E-state index contributed by atoms with van der Waals surface area (Å²) >= 11 is 1.54. The van der Waals surface area contributed by atoms with Gasteiger partial charge in [-0.15, -0.1) is 0 Å². The molecule has 1 fully saturated rings. The number of hydrogen-bond acceptors (Lipinski definition) is 6. The zero-order valence-corrected chi connectivity index (χ0v) is 20.9. The van der Waals surface area contributed by atoms with E-state index in [2.05, 4.69) is 37.2 Å². The Morgan fingerprint density at radius 3 is 2.83 bits per heavy atom. The second kappa shape index (κ2) is 11.3. The van der Waals surface area contributed by atoms with Gasteiger partial charge in [0.25, 0.3) is 5.91 Å². The van der Waals surface area contributed by atoms with E-state index < -0.39 is 0 Å². The number of fused-ring (bicyclic) bond motifs is 1. The van der Waals surface area contributed by atoms with Gasteiger partial charge in [-0.1, -0.05) is 30.0 Å². The molecule has 0 atom stereocenters. The molecular formula is C28H27N5O2S. The van der Waals surface area contributed by atoms with Crippen molar-refractivity contribution < 1.29 is 9.53 Å². The highest BCUT2D eigenvalue weighted by Crippen LogP contribution is 2.32. The van der Waals surface area contributed by atoms with Gasteiger partial charge in [0, 0.05) is 34.8 Å². The number of nitrogens with zero attached hydrogens (tertiary/aromatic N) is 3. The van der Waals surface area contributed by atoms with Crippen LogP contribution in [0.3, 0.4) is 0 Å². The van der Waals surface area contributed by atoms with Crippen molar-refractivity contribution in [1.29, 1.82) is 0 Å². The molecule has 4 aromatic rings. The average molecular weight is 498 g/mol. The van der Waals surface area contributed by atoms with Crippen LogP contribution >= 0.6 is 11.8 Å². The molecule has 0 spiro atoms. The van der Waals surface area contributed by atoms with E-state index in [-0.39, 0.29) is 5.91 Å². The lowest BCUT2D eigenvalue weighted by atomic mass is 10.2. The normalized spacial score (nSPS) is 13.4. The summed E-state index contributed by atoms with van der Waals surface area (Å²) in [6.07, 6.45) is 2.55. The first kappa shape index (κ1) is 23.9. The van der Waals surface area contributed by atoms with Gasteiger partial charge < -0.3 is 10.1 Å². The number of rotatable bonds is 7. The van der Waals surface area contributed by atoms with Crippen LogP contribution in [0, 0.1) is 11.8 Å². The summed E-state index contributed by atoms with van der Waals surface area (Å²) in [6.45, 7) is 3.86. The summed E-state index contributed by atoms with van der Waals surface area (Å²) in [4.78, 5) is 21.0. The lowest BCUT2D eigenvalue weighted by Crippen LogP contribution is -2.25. The average Bonchev–Trinajstić information content (AvgIpc) is 3.57. The van der Waals surface area contributed by atoms with Gasteiger partial charge in [0.05, 0.1) is 11.1 Å². The smallest absolute Gasteiger partial charge is 0.252 e. The van der Waals surface area contributed by atoms with Crippen LogP contribution in [0.5, 0.6) is 5.88 Å². The molecule has 2 aromatic heterocycles. The Hall–Kier alpha value is -3.80. The predicted molar refractivity (Wildman–Crippen MR) is 141 cm³/mol. The fourth-order valence-corrected chi connectivity index (χ4v) is 5.12. The molecule has 5 rings (SSSR count). The van der Waals surface area contributed by atoms with Crippen LogP contribution in [0.2, 0.25) is 0 Å². The van der Waals surface area contributed by atoms with Crippen LogP contribution in [-0.4, -0.2) is 59.3 Å². The van der Waals surface area contributed by atoms with E-state index in [1.54, 1.807) is 7.05 Å². The van der Waals surface area contributed by atoms with Crippen molar-refractivity contribution in [2.45, 2.75) is 22.6 Å². The van der Waals surface area contributed by atoms with E-state index in [0.29, 0.717) is 29.4 Å². The number of carbonyl (C=O) groups is 1. The highest BCUT2D eigenvalue weighted by atomic mass is 32.2. The van der Waals surface area contributed by atoms with Gasteiger partial charge in [-0.3, -0.25) is 14.8 Å². The van der Waals surface area contributed by atoms with E-state index >= 15 is 0 Å². The Kier molecular flexibility index (Phi) is 7.50. The number of nitrogens with one attached hydrogen (secondary N) is 2. The minimum atomic E-state index is -0.104. The van der Waals surface area contributed by atoms with E-state index in [1.807, 2.05) is 60.7 Å². The zero-order valence-electron chi connectivity index (χ0n) is 20.1. The maximum absolute atomic E-state index is 12.2. The fourth-order valence-electron chi connectivity index (χ4n) is 4.14. The van der Waals surface area contributed by atoms with Crippen molar-refractivity contribution in [3.8, 4) is 17.7 Å². The Bertz CT molecular complexity index is 1430. The highest BCUT2D eigenvalue weighted by molar-refractivity contribution is 7.99. The van der Waals surface area contributed by atoms with Crippen LogP contribution in [0.1, 0.15) is 34.6 Å². The number of H-pyrrole nitrogens is 1. The highest BCUT2D eigenvalue weighted by Gasteiger charge is 2.12. The lowest BCUT2D eigenvalue weighted by molar-refractivity contribution is 0.0960. The molecule has 0 unspecified atom stereocenters. The third-order valence-electron chi connectivity index (χ3n) is 6.01. The van der Waals surface area contributed by atoms with Crippen molar-refractivity contribution in [3.63, 3.8) is 0 Å². The Balaban J connectivity index is 1.28. The van der Waals surface area contributed by atoms with E-state index in [1.165, 1.54) is 24.6 Å². The molecule has 1 amide bonds. The molecule has 7 nitrogen and oxygen atoms in total. The number of hydrogen-bond donors (Lipinski definition) is 2. The van der Waals surface area contributed by atoms with Crippen molar-refractivity contribution in [2.75, 3.05) is 33.3 Å². The number of aromatic amines is 1. The summed E-state index contributed by atoms with van der Waals surface area (Å²) in [5, 5.41) is 11.1. The largest absolute Gasteiger partial charge is 0.476 e. The van der Waals surface area contributed by atoms with Crippen LogP contribution in [0.25, 0.3) is 10.9 Å². The lowest BCUT2D eigenvalue weighted by Gasteiger charge is -2.14. The third-order valence-corrected chi connectivity index (χ3v) is 7.08. The minimum absolute atomic E-state index is 0.104. The third kappa shape index (κ3) is 5.70. The molecule has 182 valence electrons. The number of benzene rings is 2. The van der Waals surface area contributed by atoms with Gasteiger partial charge in [0.2, 0.25) is 5.88 Å². The molecule has 8 heteroatoms. The summed E-state index contributed by atoms with van der Waals surface area (Å²) in [7, 11) is 1.64. The molecule has 3 heterocycles. The van der Waals surface area contributed by atoms with Gasteiger partial charge in [0.15, 0.2) is 0 Å². The molecule has 1 saturated heterocycles. The second-order valence-electron chi connectivity index (χ2n) is 8.47. The van der Waals surface area contributed by atoms with E-state index in [9.17, 15) is 4.79 Å². The number of ether oxygens (including phenoxy) is 1. The first-order valence-electron chi connectivity index (χ1n) is 12.0. The van der Waals surface area contributed by atoms with Gasteiger partial charge in [-0.25, -0.2) is 4.98 Å². The summed E-state index contributed by atoms with van der Waals surface area (Å²) in [6, 6.07) is 19.2. The van der Waals surface area contributed by atoms with Gasteiger partial charge in [-0.2, -0.15) is 5.10 Å². The van der Waals surface area contributed by atoms with Crippen LogP contribution in [-0.2, 0) is 0 Å². The van der Waals surface area contributed by atoms with E-state index in [0.717, 1.165) is 40.3 Å². The van der Waals surface area contributed by atoms with Crippen LogP contribution in [0.4, 0.5) is 0 Å². The molecular weight excluding hydrogens is 470 g/mol. The van der Waals surface area contributed by atoms with Crippen LogP contribution < -0.4 is 10.1 Å². The van der Waals surface area contributed by atoms with Gasteiger partial charge >= 0.3 is 0 Å². The Morgan fingerprint density at radius 1 is 1.11 bits per heavy atom. The number of carbonyl (C=O) groups excluding carboxylic acids is 1. The van der Waals surface area contributed by atoms with Crippen LogP contribution in [0.15, 0.2) is 70.5 Å². The van der Waals surface area contributed by atoms with Crippen molar-refractivity contribution in [3.05, 3.63) is 77.6 Å². The molecule has 2 N–H and O–H groups in total. The maximum Gasteiger partial charge on any atom is 0.252 e. The predicted octanol–water partition coefficient (Wildman–Crippen LogP) is 4.34. The molecule has 0 radical (unpaired) electrons. The monoisotopic (exact) mass is 497 g/mol. The molecule has 0 bridgehead atoms. The van der Waals surface area contributed by atoms with Crippen molar-refractivity contribution >= 4 is 28.6 Å². The number of pyridine rings is 1. The van der Waals surface area contributed by atoms with Gasteiger partial charge in [0.1, 0.15) is 18.0 Å². The molecule has 0 saturated carbocycles. The Morgan fingerprint density at radius 2 is 1.97 bits per heavy atom. The Labute approximate surface area is 214 Å². The summed E-state index contributed by atoms with van der Waals surface area (Å²) in [5.74, 6) is 6.73. The summed E-state index contributed by atoms with van der Waals surface area (Å²) < 4.78 is 5.84. The van der Waals surface area contributed by atoms with Crippen molar-refractivity contribution in [2.24, 2.45) is 0 Å². The molecule has 2 aromatic carbocycles. The molecule has 1 aliphatic rings. The maximum atomic E-state index is 12.2. The number of likely N-dealkylation sites (tertiary alicyclic amines) is 1. The van der Waals surface area contributed by atoms with Gasteiger partial charge in [-0.05, 0) is 74.2 Å². The van der Waals surface area contributed by atoms with E-state index in [4.69, 9.17) is 4.74 Å². The molecule has 36 heavy (non-hydrogen) atoms. The van der Waals surface area contributed by atoms with Crippen molar-refractivity contribution in [1.82, 2.24) is 25.4 Å². The topological polar surface area (TPSA) is 83.1 Å². The number of aromatic nitrogens is 3. The quantitative estimate of drug-likeness (QED) is 0.370. The summed E-state index contributed by atoms with van der Waals surface area (Å²) in [5.41, 5.74) is 2.84. The fraction of sp³-hybridized carbons (Fsp3) is 0.250. The first-order valence-corrected chi connectivity index (χ1v) is 12.8. The second-order valence-corrected chi connectivity index (χ2v) is 9.58. The molecule has 1 aliphatic heterocycles. The number of amides is 1. The molecule has 0 aliphatic carbocycles. The SMILES string of the molecule is CNC(=O)c1ccccc1Sc1ccc2c(C#Cc3cccc(OCCN4CCCC4)n3)n[nH]c2c1. The minimum Gasteiger partial charge on any atom is -0.476 e. The zero-order chi connectivity index (χ0) is 24.7.